The average Bonchev–Trinajstić information content (AvgIpc) is 2.44. The van der Waals surface area contributed by atoms with Crippen LogP contribution in [0.25, 0.3) is 0 Å². The number of nitrogens with zero attached hydrogens (tertiary/aromatic N) is 2. The number of halogens is 3. The number of hydrogen-bond donors (Lipinski definition) is 2. The summed E-state index contributed by atoms with van der Waals surface area (Å²) in [6, 6.07) is -0.151. The molecule has 0 bridgehead atoms. The molecule has 1 unspecified atom stereocenters. The van der Waals surface area contributed by atoms with Crippen molar-refractivity contribution in [3.05, 3.63) is 0 Å². The van der Waals surface area contributed by atoms with E-state index < -0.39 is 12.7 Å². The third-order valence-corrected chi connectivity index (χ3v) is 2.48. The summed E-state index contributed by atoms with van der Waals surface area (Å²) in [7, 11) is 0. The van der Waals surface area contributed by atoms with E-state index in [1.54, 1.807) is 0 Å². The molecule has 0 aliphatic carbocycles. The van der Waals surface area contributed by atoms with E-state index in [1.807, 2.05) is 20.8 Å². The molecule has 1 rings (SSSR count). The Kier molecular flexibility index (Phi) is 4.47. The fraction of sp³-hybridized carbons (Fsp3) is 0.909. The Labute approximate surface area is 105 Å². The zero-order valence-corrected chi connectivity index (χ0v) is 11.0. The van der Waals surface area contributed by atoms with Gasteiger partial charge in [-0.1, -0.05) is 0 Å². The van der Waals surface area contributed by atoms with Gasteiger partial charge in [-0.05, 0) is 27.2 Å². The largest absolute Gasteiger partial charge is 0.401 e. The van der Waals surface area contributed by atoms with E-state index >= 15 is 0 Å². The first-order valence-corrected chi connectivity index (χ1v) is 5.96. The van der Waals surface area contributed by atoms with Gasteiger partial charge in [0, 0.05) is 18.6 Å². The van der Waals surface area contributed by atoms with Crippen LogP contribution < -0.4 is 11.1 Å². The Balaban J connectivity index is 2.45. The Bertz CT molecular complexity index is 306. The fourth-order valence-electron chi connectivity index (χ4n) is 1.93. The SMILES string of the molecule is CC(C)(C)NC(N)=NC1CCN(CC(F)(F)F)C1. The Morgan fingerprint density at radius 2 is 2.00 bits per heavy atom. The molecule has 1 aliphatic rings. The molecule has 18 heavy (non-hydrogen) atoms. The number of hydrogen-bond acceptors (Lipinski definition) is 2. The molecule has 1 atom stereocenters. The van der Waals surface area contributed by atoms with Crippen molar-refractivity contribution in [3.63, 3.8) is 0 Å². The summed E-state index contributed by atoms with van der Waals surface area (Å²) in [5, 5.41) is 3.00. The highest BCUT2D eigenvalue weighted by Gasteiger charge is 2.34. The number of nitrogens with one attached hydrogen (secondary N) is 1. The highest BCUT2D eigenvalue weighted by atomic mass is 19.4. The van der Waals surface area contributed by atoms with Gasteiger partial charge in [0.1, 0.15) is 0 Å². The van der Waals surface area contributed by atoms with Crippen molar-refractivity contribution in [2.45, 2.75) is 44.9 Å². The third kappa shape index (κ3) is 6.09. The van der Waals surface area contributed by atoms with Crippen molar-refractivity contribution in [3.8, 4) is 0 Å². The second-order valence-corrected chi connectivity index (χ2v) is 5.68. The molecule has 7 heteroatoms. The van der Waals surface area contributed by atoms with Gasteiger partial charge in [-0.2, -0.15) is 13.2 Å². The molecule has 0 radical (unpaired) electrons. The maximum atomic E-state index is 12.2. The zero-order valence-electron chi connectivity index (χ0n) is 11.0. The minimum absolute atomic E-state index is 0.151. The molecule has 0 saturated carbocycles. The van der Waals surface area contributed by atoms with Gasteiger partial charge in [-0.3, -0.25) is 4.90 Å². The quantitative estimate of drug-likeness (QED) is 0.585. The average molecular weight is 266 g/mol. The van der Waals surface area contributed by atoms with Crippen LogP contribution in [0.1, 0.15) is 27.2 Å². The maximum Gasteiger partial charge on any atom is 0.401 e. The number of nitrogens with two attached hydrogens (primary N) is 1. The molecule has 1 aliphatic heterocycles. The second-order valence-electron chi connectivity index (χ2n) is 5.68. The van der Waals surface area contributed by atoms with Gasteiger partial charge in [0.15, 0.2) is 5.96 Å². The number of aliphatic imine (C=N–C) groups is 1. The number of rotatable bonds is 2. The molecule has 0 aromatic rings. The standard InChI is InChI=1S/C11H21F3N4/c1-10(2,3)17-9(15)16-8-4-5-18(6-8)7-11(12,13)14/h8H,4-7H2,1-3H3,(H3,15,16,17). The van der Waals surface area contributed by atoms with Crippen molar-refractivity contribution in [2.75, 3.05) is 19.6 Å². The van der Waals surface area contributed by atoms with Crippen LogP contribution in [0, 0.1) is 0 Å². The van der Waals surface area contributed by atoms with E-state index in [1.165, 1.54) is 4.90 Å². The zero-order chi connectivity index (χ0) is 14.0. The van der Waals surface area contributed by atoms with Crippen LogP contribution in [0.15, 0.2) is 4.99 Å². The molecule has 0 aromatic carbocycles. The van der Waals surface area contributed by atoms with Crippen LogP contribution in [-0.2, 0) is 0 Å². The summed E-state index contributed by atoms with van der Waals surface area (Å²) in [5.74, 6) is 0.293. The molecule has 4 nitrogen and oxygen atoms in total. The predicted octanol–water partition coefficient (Wildman–Crippen LogP) is 1.33. The fourth-order valence-corrected chi connectivity index (χ4v) is 1.93. The van der Waals surface area contributed by atoms with Gasteiger partial charge in [-0.25, -0.2) is 4.99 Å². The van der Waals surface area contributed by atoms with Gasteiger partial charge in [0.25, 0.3) is 0 Å². The number of alkyl halides is 3. The monoisotopic (exact) mass is 266 g/mol. The number of likely N-dealkylation sites (tertiary alicyclic amines) is 1. The summed E-state index contributed by atoms with van der Waals surface area (Å²) < 4.78 is 36.6. The Hall–Kier alpha value is -0.980. The minimum Gasteiger partial charge on any atom is -0.370 e. The van der Waals surface area contributed by atoms with Gasteiger partial charge in [0.05, 0.1) is 12.6 Å². The summed E-state index contributed by atoms with van der Waals surface area (Å²) in [4.78, 5) is 5.58. The molecular formula is C11H21F3N4. The number of guanidine groups is 1. The van der Waals surface area contributed by atoms with E-state index in [2.05, 4.69) is 10.3 Å². The first-order chi connectivity index (χ1) is 8.05. The molecule has 1 fully saturated rings. The first kappa shape index (κ1) is 15.1. The maximum absolute atomic E-state index is 12.2. The lowest BCUT2D eigenvalue weighted by Gasteiger charge is -2.22. The molecular weight excluding hydrogens is 245 g/mol. The molecule has 3 N–H and O–H groups in total. The highest BCUT2D eigenvalue weighted by Crippen LogP contribution is 2.21. The van der Waals surface area contributed by atoms with Gasteiger partial charge in [-0.15, -0.1) is 0 Å². The molecule has 1 saturated heterocycles. The lowest BCUT2D eigenvalue weighted by molar-refractivity contribution is -0.143. The first-order valence-electron chi connectivity index (χ1n) is 5.96. The van der Waals surface area contributed by atoms with Crippen LogP contribution in [0.2, 0.25) is 0 Å². The Morgan fingerprint density at radius 1 is 1.39 bits per heavy atom. The lowest BCUT2D eigenvalue weighted by Crippen LogP contribution is -2.45. The van der Waals surface area contributed by atoms with Crippen molar-refractivity contribution >= 4 is 5.96 Å². The van der Waals surface area contributed by atoms with Gasteiger partial charge >= 0.3 is 6.18 Å². The van der Waals surface area contributed by atoms with Crippen molar-refractivity contribution in [2.24, 2.45) is 10.7 Å². The van der Waals surface area contributed by atoms with Gasteiger partial charge in [0.2, 0.25) is 0 Å². The summed E-state index contributed by atoms with van der Waals surface area (Å²) >= 11 is 0. The van der Waals surface area contributed by atoms with Crippen LogP contribution in [-0.4, -0.2) is 48.3 Å². The predicted molar refractivity (Wildman–Crippen MR) is 65.4 cm³/mol. The van der Waals surface area contributed by atoms with E-state index in [0.717, 1.165) is 0 Å². The van der Waals surface area contributed by atoms with E-state index in [4.69, 9.17) is 5.73 Å². The molecule has 106 valence electrons. The van der Waals surface area contributed by atoms with Crippen LogP contribution in [0.5, 0.6) is 0 Å². The highest BCUT2D eigenvalue weighted by molar-refractivity contribution is 5.78. The van der Waals surface area contributed by atoms with Crippen LogP contribution >= 0.6 is 0 Å². The lowest BCUT2D eigenvalue weighted by atomic mass is 10.1. The summed E-state index contributed by atoms with van der Waals surface area (Å²) in [6.07, 6.45) is -3.53. The normalized spacial score (nSPS) is 23.4. The minimum atomic E-state index is -4.15. The third-order valence-electron chi connectivity index (χ3n) is 2.48. The van der Waals surface area contributed by atoms with Crippen molar-refractivity contribution < 1.29 is 13.2 Å². The van der Waals surface area contributed by atoms with Gasteiger partial charge < -0.3 is 11.1 Å². The second kappa shape index (κ2) is 5.34. The van der Waals surface area contributed by atoms with Crippen molar-refractivity contribution in [1.29, 1.82) is 0 Å². The molecule has 0 amide bonds. The van der Waals surface area contributed by atoms with Crippen LogP contribution in [0.3, 0.4) is 0 Å². The molecule has 0 aromatic heterocycles. The van der Waals surface area contributed by atoms with E-state index in [-0.39, 0.29) is 11.6 Å². The van der Waals surface area contributed by atoms with Crippen LogP contribution in [0.4, 0.5) is 13.2 Å². The molecule has 0 spiro atoms. The van der Waals surface area contributed by atoms with E-state index in [9.17, 15) is 13.2 Å². The summed E-state index contributed by atoms with van der Waals surface area (Å²) in [6.45, 7) is 5.69. The van der Waals surface area contributed by atoms with Crippen molar-refractivity contribution in [1.82, 2.24) is 10.2 Å². The summed E-state index contributed by atoms with van der Waals surface area (Å²) in [5.41, 5.74) is 5.51. The smallest absolute Gasteiger partial charge is 0.370 e. The topological polar surface area (TPSA) is 53.6 Å². The van der Waals surface area contributed by atoms with E-state index in [0.29, 0.717) is 25.5 Å². The molecule has 1 heterocycles. The Morgan fingerprint density at radius 3 is 2.50 bits per heavy atom.